The van der Waals surface area contributed by atoms with Gasteiger partial charge in [0.1, 0.15) is 11.7 Å². The van der Waals surface area contributed by atoms with Gasteiger partial charge in [0.05, 0.1) is 18.1 Å². The summed E-state index contributed by atoms with van der Waals surface area (Å²) in [7, 11) is 1.58. The molecule has 1 unspecified atom stereocenters. The maximum absolute atomic E-state index is 12.4. The van der Waals surface area contributed by atoms with Crippen LogP contribution in [0.1, 0.15) is 33.0 Å². The number of hydrogen-bond acceptors (Lipinski definition) is 4. The zero-order valence-corrected chi connectivity index (χ0v) is 12.2. The highest BCUT2D eigenvalue weighted by molar-refractivity contribution is 7.14. The number of nitriles is 1. The van der Waals surface area contributed by atoms with Crippen LogP contribution in [0.4, 0.5) is 0 Å². The SMILES string of the molecule is CCc1ccc(C(=O)C(C#N)c2ccc(OC)cc2)s1. The molecule has 1 aromatic heterocycles. The average molecular weight is 285 g/mol. The van der Waals surface area contributed by atoms with Gasteiger partial charge in [-0.15, -0.1) is 11.3 Å². The van der Waals surface area contributed by atoms with Crippen LogP contribution in [-0.2, 0) is 6.42 Å². The predicted molar refractivity (Wildman–Crippen MR) is 79.4 cm³/mol. The van der Waals surface area contributed by atoms with Crippen LogP contribution in [0.15, 0.2) is 36.4 Å². The highest BCUT2D eigenvalue weighted by atomic mass is 32.1. The van der Waals surface area contributed by atoms with E-state index in [-0.39, 0.29) is 5.78 Å². The van der Waals surface area contributed by atoms with Crippen LogP contribution in [0.25, 0.3) is 0 Å². The molecule has 102 valence electrons. The minimum atomic E-state index is -0.760. The summed E-state index contributed by atoms with van der Waals surface area (Å²) in [6.45, 7) is 2.05. The van der Waals surface area contributed by atoms with Crippen molar-refractivity contribution in [2.45, 2.75) is 19.3 Å². The van der Waals surface area contributed by atoms with E-state index < -0.39 is 5.92 Å². The van der Waals surface area contributed by atoms with E-state index in [1.807, 2.05) is 13.0 Å². The average Bonchev–Trinajstić information content (AvgIpc) is 2.97. The summed E-state index contributed by atoms with van der Waals surface area (Å²) >= 11 is 1.46. The fourth-order valence-corrected chi connectivity index (χ4v) is 2.84. The maximum atomic E-state index is 12.4. The van der Waals surface area contributed by atoms with E-state index in [1.54, 1.807) is 37.4 Å². The second-order valence-corrected chi connectivity index (χ2v) is 5.49. The highest BCUT2D eigenvalue weighted by Gasteiger charge is 2.23. The van der Waals surface area contributed by atoms with Crippen molar-refractivity contribution in [1.82, 2.24) is 0 Å². The number of ether oxygens (including phenoxy) is 1. The van der Waals surface area contributed by atoms with Gasteiger partial charge in [0.25, 0.3) is 0 Å². The second-order valence-electron chi connectivity index (χ2n) is 4.32. The first kappa shape index (κ1) is 14.3. The van der Waals surface area contributed by atoms with E-state index in [0.717, 1.165) is 11.3 Å². The van der Waals surface area contributed by atoms with Gasteiger partial charge < -0.3 is 4.74 Å². The minimum absolute atomic E-state index is 0.137. The molecule has 1 atom stereocenters. The Kier molecular flexibility index (Phi) is 4.54. The standard InChI is InChI=1S/C16H15NO2S/c1-3-13-8-9-15(20-13)16(18)14(10-17)11-4-6-12(19-2)7-5-11/h4-9,14H,3H2,1-2H3. The molecule has 20 heavy (non-hydrogen) atoms. The van der Waals surface area contributed by atoms with Gasteiger partial charge in [0, 0.05) is 4.88 Å². The summed E-state index contributed by atoms with van der Waals surface area (Å²) in [5.41, 5.74) is 0.699. The van der Waals surface area contributed by atoms with Crippen LogP contribution in [0, 0.1) is 11.3 Å². The number of aryl methyl sites for hydroxylation is 1. The molecule has 0 fully saturated rings. The van der Waals surface area contributed by atoms with E-state index in [4.69, 9.17) is 4.74 Å². The molecule has 2 aromatic rings. The fraction of sp³-hybridized carbons (Fsp3) is 0.250. The Morgan fingerprint density at radius 2 is 2.00 bits per heavy atom. The molecule has 0 spiro atoms. The largest absolute Gasteiger partial charge is 0.497 e. The van der Waals surface area contributed by atoms with Crippen LogP contribution in [0.3, 0.4) is 0 Å². The molecule has 3 nitrogen and oxygen atoms in total. The van der Waals surface area contributed by atoms with Gasteiger partial charge in [0.2, 0.25) is 0 Å². The number of carbonyl (C=O) groups excluding carboxylic acids is 1. The Labute approximate surface area is 122 Å². The molecule has 0 aliphatic carbocycles. The van der Waals surface area contributed by atoms with Gasteiger partial charge in [0.15, 0.2) is 5.78 Å². The number of Topliss-reactive ketones (excluding diaryl/α,β-unsaturated/α-hetero) is 1. The quantitative estimate of drug-likeness (QED) is 0.785. The highest BCUT2D eigenvalue weighted by Crippen LogP contribution is 2.26. The Balaban J connectivity index is 2.27. The van der Waals surface area contributed by atoms with E-state index in [9.17, 15) is 10.1 Å². The number of benzene rings is 1. The van der Waals surface area contributed by atoms with E-state index in [0.29, 0.717) is 16.2 Å². The topological polar surface area (TPSA) is 50.1 Å². The molecule has 0 N–H and O–H groups in total. The molecule has 0 saturated carbocycles. The van der Waals surface area contributed by atoms with Crippen molar-refractivity contribution in [1.29, 1.82) is 5.26 Å². The lowest BCUT2D eigenvalue weighted by Crippen LogP contribution is -2.09. The summed E-state index contributed by atoms with van der Waals surface area (Å²) in [5, 5.41) is 9.30. The monoisotopic (exact) mass is 285 g/mol. The first-order chi connectivity index (χ1) is 9.69. The van der Waals surface area contributed by atoms with Crippen molar-refractivity contribution in [3.05, 3.63) is 51.7 Å². The third-order valence-corrected chi connectivity index (χ3v) is 4.34. The van der Waals surface area contributed by atoms with Gasteiger partial charge in [-0.05, 0) is 36.2 Å². The summed E-state index contributed by atoms with van der Waals surface area (Å²) in [5.74, 6) is -0.186. The Bertz CT molecular complexity index is 637. The van der Waals surface area contributed by atoms with Crippen molar-refractivity contribution in [2.75, 3.05) is 7.11 Å². The molecule has 0 aliphatic heterocycles. The molecule has 0 bridgehead atoms. The molecule has 2 rings (SSSR count). The van der Waals surface area contributed by atoms with Crippen molar-refractivity contribution in [3.8, 4) is 11.8 Å². The number of thiophene rings is 1. The first-order valence-corrected chi connectivity index (χ1v) is 7.17. The summed E-state index contributed by atoms with van der Waals surface area (Å²) < 4.78 is 5.08. The lowest BCUT2D eigenvalue weighted by molar-refractivity contribution is 0.0983. The molecule has 1 aromatic carbocycles. The van der Waals surface area contributed by atoms with Crippen LogP contribution in [0.5, 0.6) is 5.75 Å². The summed E-state index contributed by atoms with van der Waals surface area (Å²) in [6.07, 6.45) is 0.900. The Morgan fingerprint density at radius 1 is 1.30 bits per heavy atom. The van der Waals surface area contributed by atoms with Crippen LogP contribution < -0.4 is 4.74 Å². The third kappa shape index (κ3) is 2.89. The van der Waals surface area contributed by atoms with Gasteiger partial charge in [-0.1, -0.05) is 19.1 Å². The number of carbonyl (C=O) groups is 1. The normalized spacial score (nSPS) is 11.7. The number of rotatable bonds is 5. The fourth-order valence-electron chi connectivity index (χ4n) is 1.92. The lowest BCUT2D eigenvalue weighted by Gasteiger charge is -2.08. The van der Waals surface area contributed by atoms with E-state index in [1.165, 1.54) is 11.3 Å². The van der Waals surface area contributed by atoms with E-state index in [2.05, 4.69) is 6.07 Å². The summed E-state index contributed by atoms with van der Waals surface area (Å²) in [6, 6.07) is 12.9. The van der Waals surface area contributed by atoms with Crippen LogP contribution in [0.2, 0.25) is 0 Å². The smallest absolute Gasteiger partial charge is 0.194 e. The predicted octanol–water partition coefficient (Wildman–Crippen LogP) is 3.81. The first-order valence-electron chi connectivity index (χ1n) is 6.36. The van der Waals surface area contributed by atoms with Gasteiger partial charge >= 0.3 is 0 Å². The number of methoxy groups -OCH3 is 1. The zero-order valence-electron chi connectivity index (χ0n) is 11.4. The van der Waals surface area contributed by atoms with Crippen LogP contribution in [-0.4, -0.2) is 12.9 Å². The van der Waals surface area contributed by atoms with Crippen LogP contribution >= 0.6 is 11.3 Å². The summed E-state index contributed by atoms with van der Waals surface area (Å²) in [4.78, 5) is 14.2. The van der Waals surface area contributed by atoms with Crippen molar-refractivity contribution in [3.63, 3.8) is 0 Å². The van der Waals surface area contributed by atoms with Crippen molar-refractivity contribution in [2.24, 2.45) is 0 Å². The van der Waals surface area contributed by atoms with Gasteiger partial charge in [-0.25, -0.2) is 0 Å². The molecule has 1 heterocycles. The maximum Gasteiger partial charge on any atom is 0.194 e. The molecule has 4 heteroatoms. The second kappa shape index (κ2) is 6.36. The third-order valence-electron chi connectivity index (χ3n) is 3.09. The Morgan fingerprint density at radius 3 is 2.50 bits per heavy atom. The van der Waals surface area contributed by atoms with Crippen molar-refractivity contribution < 1.29 is 9.53 Å². The zero-order chi connectivity index (χ0) is 14.5. The van der Waals surface area contributed by atoms with Gasteiger partial charge in [-0.3, -0.25) is 4.79 Å². The number of ketones is 1. The van der Waals surface area contributed by atoms with Crippen molar-refractivity contribution >= 4 is 17.1 Å². The number of hydrogen-bond donors (Lipinski definition) is 0. The van der Waals surface area contributed by atoms with E-state index >= 15 is 0 Å². The lowest BCUT2D eigenvalue weighted by atomic mass is 9.95. The molecule has 0 saturated heterocycles. The molecular formula is C16H15NO2S. The Hall–Kier alpha value is -2.12. The van der Waals surface area contributed by atoms with Gasteiger partial charge in [-0.2, -0.15) is 5.26 Å². The molecular weight excluding hydrogens is 270 g/mol. The molecule has 0 amide bonds. The number of nitrogens with zero attached hydrogens (tertiary/aromatic N) is 1. The molecule has 0 aliphatic rings. The molecule has 0 radical (unpaired) electrons. The minimum Gasteiger partial charge on any atom is -0.497 e.